The highest BCUT2D eigenvalue weighted by Crippen LogP contribution is 2.23. The molecule has 1 aromatic heterocycles. The number of nitrogens with one attached hydrogen (secondary N) is 1. The van der Waals surface area contributed by atoms with Crippen molar-refractivity contribution < 1.29 is 9.53 Å². The molecule has 0 radical (unpaired) electrons. The Morgan fingerprint density at radius 1 is 1.38 bits per heavy atom. The van der Waals surface area contributed by atoms with Gasteiger partial charge in [0.05, 0.1) is 25.3 Å². The molecule has 0 aliphatic heterocycles. The molecule has 0 saturated heterocycles. The third-order valence-electron chi connectivity index (χ3n) is 3.28. The number of carbonyl (C=O) groups excluding carboxylic acids is 1. The molecule has 1 aromatic carbocycles. The van der Waals surface area contributed by atoms with Crippen molar-refractivity contribution in [2.75, 3.05) is 12.4 Å². The fourth-order valence-electron chi connectivity index (χ4n) is 1.94. The summed E-state index contributed by atoms with van der Waals surface area (Å²) in [6.45, 7) is 4.19. The van der Waals surface area contributed by atoms with E-state index in [1.165, 1.54) is 18.2 Å². The van der Waals surface area contributed by atoms with Gasteiger partial charge in [0.1, 0.15) is 0 Å². The van der Waals surface area contributed by atoms with Gasteiger partial charge in [0.25, 0.3) is 0 Å². The molecular formula is C16H20N2O2S. The van der Waals surface area contributed by atoms with Gasteiger partial charge in [-0.1, -0.05) is 29.8 Å². The van der Waals surface area contributed by atoms with Crippen LogP contribution in [0.25, 0.3) is 0 Å². The van der Waals surface area contributed by atoms with Crippen molar-refractivity contribution in [3.63, 3.8) is 0 Å². The van der Waals surface area contributed by atoms with Crippen molar-refractivity contribution in [1.29, 1.82) is 0 Å². The summed E-state index contributed by atoms with van der Waals surface area (Å²) in [6, 6.07) is 8.66. The lowest BCUT2D eigenvalue weighted by Gasteiger charge is -2.13. The van der Waals surface area contributed by atoms with Crippen LogP contribution >= 0.6 is 11.3 Å². The van der Waals surface area contributed by atoms with Crippen molar-refractivity contribution in [3.05, 3.63) is 46.5 Å². The van der Waals surface area contributed by atoms with Crippen LogP contribution in [0.4, 0.5) is 5.13 Å². The van der Waals surface area contributed by atoms with Gasteiger partial charge in [-0.25, -0.2) is 4.98 Å². The fraction of sp³-hybridized carbons (Fsp3) is 0.375. The summed E-state index contributed by atoms with van der Waals surface area (Å²) < 4.78 is 4.63. The fourth-order valence-corrected chi connectivity index (χ4v) is 2.78. The van der Waals surface area contributed by atoms with E-state index in [-0.39, 0.29) is 12.0 Å². The zero-order valence-electron chi connectivity index (χ0n) is 12.6. The average Bonchev–Trinajstić information content (AvgIpc) is 2.93. The molecule has 0 aliphatic rings. The van der Waals surface area contributed by atoms with Crippen molar-refractivity contribution in [2.45, 2.75) is 32.7 Å². The Kier molecular flexibility index (Phi) is 5.33. The summed E-state index contributed by atoms with van der Waals surface area (Å²) in [7, 11) is 1.40. The van der Waals surface area contributed by atoms with Gasteiger partial charge < -0.3 is 10.1 Å². The van der Waals surface area contributed by atoms with Crippen LogP contribution in [-0.2, 0) is 16.0 Å². The van der Waals surface area contributed by atoms with E-state index in [0.29, 0.717) is 12.8 Å². The summed E-state index contributed by atoms with van der Waals surface area (Å²) in [5.41, 5.74) is 3.40. The average molecular weight is 304 g/mol. The summed E-state index contributed by atoms with van der Waals surface area (Å²) >= 11 is 1.56. The maximum absolute atomic E-state index is 11.1. The van der Waals surface area contributed by atoms with Crippen LogP contribution in [0.1, 0.15) is 36.2 Å². The Bertz CT molecular complexity index is 593. The highest BCUT2D eigenvalue weighted by Gasteiger charge is 2.09. The smallest absolute Gasteiger partial charge is 0.305 e. The maximum atomic E-state index is 11.1. The molecule has 2 rings (SSSR count). The Labute approximate surface area is 129 Å². The predicted molar refractivity (Wildman–Crippen MR) is 85.7 cm³/mol. The number of hydrogen-bond acceptors (Lipinski definition) is 5. The number of aryl methyl sites for hydroxylation is 2. The number of benzene rings is 1. The number of anilines is 1. The van der Waals surface area contributed by atoms with Gasteiger partial charge in [0, 0.05) is 11.8 Å². The molecule has 5 heteroatoms. The van der Waals surface area contributed by atoms with Gasteiger partial charge in [0.15, 0.2) is 5.13 Å². The first-order valence-corrected chi connectivity index (χ1v) is 7.81. The van der Waals surface area contributed by atoms with E-state index in [1.54, 1.807) is 11.3 Å². The van der Waals surface area contributed by atoms with Crippen LogP contribution in [0, 0.1) is 6.92 Å². The first-order valence-electron chi connectivity index (χ1n) is 6.93. The lowest BCUT2D eigenvalue weighted by molar-refractivity contribution is -0.140. The Hall–Kier alpha value is -1.88. The number of thiazole rings is 1. The summed E-state index contributed by atoms with van der Waals surface area (Å²) in [5.74, 6) is -0.203. The Morgan fingerprint density at radius 3 is 2.76 bits per heavy atom. The lowest BCUT2D eigenvalue weighted by atomic mass is 10.1. The molecule has 21 heavy (non-hydrogen) atoms. The topological polar surface area (TPSA) is 51.2 Å². The van der Waals surface area contributed by atoms with E-state index in [4.69, 9.17) is 0 Å². The van der Waals surface area contributed by atoms with E-state index in [0.717, 1.165) is 10.8 Å². The zero-order chi connectivity index (χ0) is 15.2. The number of ether oxygens (including phenoxy) is 1. The number of methoxy groups -OCH3 is 1. The second kappa shape index (κ2) is 7.22. The quantitative estimate of drug-likeness (QED) is 0.826. The minimum atomic E-state index is -0.203. The van der Waals surface area contributed by atoms with Crippen molar-refractivity contribution in [1.82, 2.24) is 4.98 Å². The SMILES string of the molecule is COC(=O)CCc1csc(NC(C)c2ccc(C)cc2)n1. The Balaban J connectivity index is 1.92. The molecule has 2 aromatic rings. The molecule has 0 bridgehead atoms. The first-order chi connectivity index (χ1) is 10.1. The van der Waals surface area contributed by atoms with Gasteiger partial charge in [-0.15, -0.1) is 11.3 Å². The molecule has 1 heterocycles. The van der Waals surface area contributed by atoms with E-state index in [9.17, 15) is 4.79 Å². The number of carbonyl (C=O) groups is 1. The monoisotopic (exact) mass is 304 g/mol. The molecule has 1 N–H and O–H groups in total. The number of nitrogens with zero attached hydrogens (tertiary/aromatic N) is 1. The second-order valence-corrected chi connectivity index (χ2v) is 5.85. The second-order valence-electron chi connectivity index (χ2n) is 5.00. The Morgan fingerprint density at radius 2 is 2.10 bits per heavy atom. The molecule has 1 atom stereocenters. The number of rotatable bonds is 6. The predicted octanol–water partition coefficient (Wildman–Crippen LogP) is 3.73. The molecule has 0 saturated carbocycles. The highest BCUT2D eigenvalue weighted by atomic mass is 32.1. The van der Waals surface area contributed by atoms with Gasteiger partial charge in [-0.05, 0) is 19.4 Å². The zero-order valence-corrected chi connectivity index (χ0v) is 13.4. The molecule has 0 fully saturated rings. The third kappa shape index (κ3) is 4.56. The largest absolute Gasteiger partial charge is 0.469 e. The van der Waals surface area contributed by atoms with E-state index < -0.39 is 0 Å². The van der Waals surface area contributed by atoms with Crippen LogP contribution in [0.2, 0.25) is 0 Å². The summed E-state index contributed by atoms with van der Waals surface area (Å²) in [5, 5.41) is 6.25. The van der Waals surface area contributed by atoms with Crippen molar-refractivity contribution in [3.8, 4) is 0 Å². The number of hydrogen-bond donors (Lipinski definition) is 1. The molecule has 112 valence electrons. The molecule has 0 aliphatic carbocycles. The van der Waals surface area contributed by atoms with E-state index in [1.807, 2.05) is 5.38 Å². The van der Waals surface area contributed by atoms with Gasteiger partial charge in [-0.3, -0.25) is 4.79 Å². The lowest BCUT2D eigenvalue weighted by Crippen LogP contribution is -2.06. The van der Waals surface area contributed by atoms with Gasteiger partial charge >= 0.3 is 5.97 Å². The molecule has 0 spiro atoms. The van der Waals surface area contributed by atoms with Crippen LogP contribution in [-0.4, -0.2) is 18.1 Å². The third-order valence-corrected chi connectivity index (χ3v) is 4.10. The van der Waals surface area contributed by atoms with Crippen LogP contribution < -0.4 is 5.32 Å². The van der Waals surface area contributed by atoms with Crippen molar-refractivity contribution >= 4 is 22.4 Å². The summed E-state index contributed by atoms with van der Waals surface area (Å²) in [4.78, 5) is 15.6. The highest BCUT2D eigenvalue weighted by molar-refractivity contribution is 7.13. The minimum absolute atomic E-state index is 0.199. The van der Waals surface area contributed by atoms with Gasteiger partial charge in [-0.2, -0.15) is 0 Å². The summed E-state index contributed by atoms with van der Waals surface area (Å²) in [6.07, 6.45) is 0.983. The standard InChI is InChI=1S/C16H20N2O2S/c1-11-4-6-13(7-5-11)12(2)17-16-18-14(10-21-16)8-9-15(19)20-3/h4-7,10,12H,8-9H2,1-3H3,(H,17,18). The molecule has 1 unspecified atom stereocenters. The molecular weight excluding hydrogens is 284 g/mol. The van der Waals surface area contributed by atoms with Crippen LogP contribution in [0.5, 0.6) is 0 Å². The first kappa shape index (κ1) is 15.5. The molecule has 0 amide bonds. The number of esters is 1. The van der Waals surface area contributed by atoms with Crippen LogP contribution in [0.3, 0.4) is 0 Å². The van der Waals surface area contributed by atoms with Crippen LogP contribution in [0.15, 0.2) is 29.6 Å². The molecule has 4 nitrogen and oxygen atoms in total. The maximum Gasteiger partial charge on any atom is 0.305 e. The van der Waals surface area contributed by atoms with E-state index in [2.05, 4.69) is 53.2 Å². The van der Waals surface area contributed by atoms with Gasteiger partial charge in [0.2, 0.25) is 0 Å². The normalized spacial score (nSPS) is 12.0. The number of aromatic nitrogens is 1. The van der Waals surface area contributed by atoms with E-state index >= 15 is 0 Å². The van der Waals surface area contributed by atoms with Crippen molar-refractivity contribution in [2.24, 2.45) is 0 Å². The minimum Gasteiger partial charge on any atom is -0.469 e.